The summed E-state index contributed by atoms with van der Waals surface area (Å²) in [7, 11) is -3.54. The van der Waals surface area contributed by atoms with E-state index in [2.05, 4.69) is 15.9 Å². The highest BCUT2D eigenvalue weighted by atomic mass is 79.9. The van der Waals surface area contributed by atoms with Crippen molar-refractivity contribution in [3.63, 3.8) is 0 Å². The van der Waals surface area contributed by atoms with Crippen molar-refractivity contribution in [2.45, 2.75) is 30.8 Å². The van der Waals surface area contributed by atoms with E-state index in [4.69, 9.17) is 9.15 Å². The van der Waals surface area contributed by atoms with Crippen LogP contribution < -0.4 is 10.4 Å². The van der Waals surface area contributed by atoms with Gasteiger partial charge in [-0.2, -0.15) is 4.31 Å². The van der Waals surface area contributed by atoms with Crippen LogP contribution in [0.2, 0.25) is 0 Å². The number of benzene rings is 1. The van der Waals surface area contributed by atoms with E-state index in [0.29, 0.717) is 41.9 Å². The van der Waals surface area contributed by atoms with Crippen LogP contribution in [0, 0.1) is 6.92 Å². The Bertz CT molecular complexity index is 917. The first-order valence-corrected chi connectivity index (χ1v) is 10.1. The van der Waals surface area contributed by atoms with E-state index in [0.717, 1.165) is 0 Å². The minimum atomic E-state index is -3.54. The van der Waals surface area contributed by atoms with Crippen LogP contribution >= 0.6 is 15.9 Å². The normalized spacial score (nSPS) is 16.7. The first kappa shape index (κ1) is 18.2. The van der Waals surface area contributed by atoms with Gasteiger partial charge >= 0.3 is 5.63 Å². The van der Waals surface area contributed by atoms with Gasteiger partial charge in [0.2, 0.25) is 10.0 Å². The maximum atomic E-state index is 12.8. The molecule has 1 aliphatic rings. The number of hydrogen-bond acceptors (Lipinski definition) is 5. The SMILES string of the molecule is Cc1cc(OC2CCN(S(=O)(=O)c3ccccc3Br)CC2)cc(=O)o1. The number of halogens is 1. The van der Waals surface area contributed by atoms with E-state index in [9.17, 15) is 13.2 Å². The number of aryl methyl sites for hydroxylation is 1. The van der Waals surface area contributed by atoms with Crippen molar-refractivity contribution in [2.24, 2.45) is 0 Å². The molecule has 134 valence electrons. The summed E-state index contributed by atoms with van der Waals surface area (Å²) in [6, 6.07) is 9.75. The lowest BCUT2D eigenvalue weighted by atomic mass is 10.1. The highest BCUT2D eigenvalue weighted by Crippen LogP contribution is 2.28. The van der Waals surface area contributed by atoms with Gasteiger partial charge in [-0.15, -0.1) is 0 Å². The van der Waals surface area contributed by atoms with Gasteiger partial charge in [-0.05, 0) is 47.8 Å². The predicted octanol–water partition coefficient (Wildman–Crippen LogP) is 2.94. The molecule has 0 aliphatic carbocycles. The highest BCUT2D eigenvalue weighted by molar-refractivity contribution is 9.10. The summed E-state index contributed by atoms with van der Waals surface area (Å²) in [5.74, 6) is 0.942. The number of rotatable bonds is 4. The lowest BCUT2D eigenvalue weighted by Gasteiger charge is -2.31. The van der Waals surface area contributed by atoms with Gasteiger partial charge in [-0.1, -0.05) is 12.1 Å². The van der Waals surface area contributed by atoms with Crippen LogP contribution in [-0.4, -0.2) is 31.9 Å². The predicted molar refractivity (Wildman–Crippen MR) is 96.3 cm³/mol. The minimum Gasteiger partial charge on any atom is -0.490 e. The third-order valence-electron chi connectivity index (χ3n) is 4.03. The number of piperidine rings is 1. The summed E-state index contributed by atoms with van der Waals surface area (Å²) < 4.78 is 38.3. The number of ether oxygens (including phenoxy) is 1. The molecule has 0 saturated carbocycles. The van der Waals surface area contributed by atoms with E-state index in [1.54, 1.807) is 37.3 Å². The molecule has 1 saturated heterocycles. The third-order valence-corrected chi connectivity index (χ3v) is 6.94. The summed E-state index contributed by atoms with van der Waals surface area (Å²) in [4.78, 5) is 11.7. The summed E-state index contributed by atoms with van der Waals surface area (Å²) in [5.41, 5.74) is -0.455. The number of sulfonamides is 1. The van der Waals surface area contributed by atoms with Crippen LogP contribution in [0.5, 0.6) is 5.75 Å². The molecule has 8 heteroatoms. The van der Waals surface area contributed by atoms with Gasteiger partial charge in [0.15, 0.2) is 0 Å². The molecular weight excluding hydrogens is 410 g/mol. The summed E-state index contributed by atoms with van der Waals surface area (Å²) in [5, 5.41) is 0. The molecule has 1 aromatic heterocycles. The fourth-order valence-corrected chi connectivity index (χ4v) is 5.25. The molecule has 1 aromatic carbocycles. The van der Waals surface area contributed by atoms with Crippen molar-refractivity contribution in [3.05, 3.63) is 57.1 Å². The average molecular weight is 428 g/mol. The smallest absolute Gasteiger partial charge is 0.339 e. The van der Waals surface area contributed by atoms with Gasteiger partial charge in [-0.3, -0.25) is 0 Å². The van der Waals surface area contributed by atoms with Crippen molar-refractivity contribution in [1.29, 1.82) is 0 Å². The average Bonchev–Trinajstić information content (AvgIpc) is 2.54. The molecule has 0 bridgehead atoms. The Kier molecular flexibility index (Phi) is 5.31. The largest absolute Gasteiger partial charge is 0.490 e. The van der Waals surface area contributed by atoms with E-state index >= 15 is 0 Å². The number of nitrogens with zero attached hydrogens (tertiary/aromatic N) is 1. The molecule has 0 unspecified atom stereocenters. The molecule has 0 radical (unpaired) electrons. The molecule has 3 rings (SSSR count). The fraction of sp³-hybridized carbons (Fsp3) is 0.353. The van der Waals surface area contributed by atoms with Crippen LogP contribution in [0.1, 0.15) is 18.6 Å². The summed E-state index contributed by atoms with van der Waals surface area (Å²) in [6.45, 7) is 2.42. The topological polar surface area (TPSA) is 76.8 Å². The Morgan fingerprint density at radius 2 is 1.88 bits per heavy atom. The number of hydrogen-bond donors (Lipinski definition) is 0. The quantitative estimate of drug-likeness (QED) is 0.749. The lowest BCUT2D eigenvalue weighted by Crippen LogP contribution is -2.41. The van der Waals surface area contributed by atoms with Gasteiger partial charge in [0.05, 0.1) is 11.0 Å². The highest BCUT2D eigenvalue weighted by Gasteiger charge is 2.31. The molecular formula is C17H18BrNO5S. The third kappa shape index (κ3) is 4.13. The van der Waals surface area contributed by atoms with Crippen LogP contribution in [-0.2, 0) is 10.0 Å². The van der Waals surface area contributed by atoms with E-state index in [-0.39, 0.29) is 11.0 Å². The Balaban J connectivity index is 1.67. The van der Waals surface area contributed by atoms with Gasteiger partial charge in [0.1, 0.15) is 17.6 Å². The fourth-order valence-electron chi connectivity index (χ4n) is 2.82. The molecule has 0 spiro atoms. The van der Waals surface area contributed by atoms with Crippen molar-refractivity contribution >= 4 is 26.0 Å². The molecule has 1 aliphatic heterocycles. The standard InChI is InChI=1S/C17H18BrNO5S/c1-12-10-14(11-17(20)23-12)24-13-6-8-19(9-7-13)25(21,22)16-5-3-2-4-15(16)18/h2-5,10-11,13H,6-9H2,1H3. The second kappa shape index (κ2) is 7.31. The Hall–Kier alpha value is -1.64. The molecule has 0 N–H and O–H groups in total. The zero-order chi connectivity index (χ0) is 18.0. The second-order valence-corrected chi connectivity index (χ2v) is 8.64. The van der Waals surface area contributed by atoms with Crippen LogP contribution in [0.15, 0.2) is 55.0 Å². The van der Waals surface area contributed by atoms with Crippen LogP contribution in [0.25, 0.3) is 0 Å². The van der Waals surface area contributed by atoms with Crippen molar-refractivity contribution in [2.75, 3.05) is 13.1 Å². The van der Waals surface area contributed by atoms with Gasteiger partial charge in [0.25, 0.3) is 0 Å². The Morgan fingerprint density at radius 1 is 1.20 bits per heavy atom. The van der Waals surface area contributed by atoms with E-state index in [1.165, 1.54) is 10.4 Å². The van der Waals surface area contributed by atoms with Gasteiger partial charge in [-0.25, -0.2) is 13.2 Å². The first-order chi connectivity index (χ1) is 11.9. The van der Waals surface area contributed by atoms with Crippen LogP contribution in [0.3, 0.4) is 0 Å². The lowest BCUT2D eigenvalue weighted by molar-refractivity contribution is 0.134. The van der Waals surface area contributed by atoms with E-state index < -0.39 is 15.6 Å². The molecule has 0 atom stereocenters. The summed E-state index contributed by atoms with van der Waals surface area (Å²) in [6.07, 6.45) is 0.984. The molecule has 0 amide bonds. The second-order valence-electron chi connectivity index (χ2n) is 5.87. The monoisotopic (exact) mass is 427 g/mol. The molecule has 25 heavy (non-hydrogen) atoms. The van der Waals surface area contributed by atoms with Crippen molar-refractivity contribution < 1.29 is 17.6 Å². The minimum absolute atomic E-state index is 0.133. The first-order valence-electron chi connectivity index (χ1n) is 7.89. The van der Waals surface area contributed by atoms with Gasteiger partial charge in [0, 0.05) is 23.6 Å². The molecule has 6 nitrogen and oxygen atoms in total. The van der Waals surface area contributed by atoms with Crippen LogP contribution in [0.4, 0.5) is 0 Å². The maximum Gasteiger partial charge on any atom is 0.339 e. The van der Waals surface area contributed by atoms with Crippen molar-refractivity contribution in [1.82, 2.24) is 4.31 Å². The summed E-state index contributed by atoms with van der Waals surface area (Å²) >= 11 is 3.30. The molecule has 2 aromatic rings. The Labute approximate surface area is 154 Å². The molecule has 2 heterocycles. The van der Waals surface area contributed by atoms with Crippen molar-refractivity contribution in [3.8, 4) is 5.75 Å². The Morgan fingerprint density at radius 3 is 2.52 bits per heavy atom. The zero-order valence-corrected chi connectivity index (χ0v) is 16.0. The van der Waals surface area contributed by atoms with Gasteiger partial charge < -0.3 is 9.15 Å². The molecule has 1 fully saturated rings. The maximum absolute atomic E-state index is 12.8. The van der Waals surface area contributed by atoms with E-state index in [1.807, 2.05) is 0 Å². The zero-order valence-electron chi connectivity index (χ0n) is 13.6.